The van der Waals surface area contributed by atoms with E-state index in [-0.39, 0.29) is 0 Å². The van der Waals surface area contributed by atoms with E-state index in [0.717, 1.165) is 246 Å². The van der Waals surface area contributed by atoms with Crippen molar-refractivity contribution < 1.29 is 8.83 Å². The maximum Gasteiger partial charge on any atom is 0.135 e. The molecule has 588 valence electrons. The van der Waals surface area contributed by atoms with Gasteiger partial charge in [0.1, 0.15) is 22.3 Å². The molecular formula is C114H70N10O2. The molecule has 1 aliphatic heterocycles. The highest BCUT2D eigenvalue weighted by Crippen LogP contribution is 2.46. The first-order chi connectivity index (χ1) is 62.4. The first-order valence-electron chi connectivity index (χ1n) is 42.7. The van der Waals surface area contributed by atoms with Crippen LogP contribution in [-0.4, -0.2) is 48.9 Å². The van der Waals surface area contributed by atoms with Gasteiger partial charge in [0.2, 0.25) is 0 Å². The summed E-state index contributed by atoms with van der Waals surface area (Å²) in [7, 11) is 0. The lowest BCUT2D eigenvalue weighted by Crippen LogP contribution is -2.07. The predicted molar refractivity (Wildman–Crippen MR) is 516 cm³/mol. The Hall–Kier alpha value is -17.0. The van der Waals surface area contributed by atoms with Gasteiger partial charge >= 0.3 is 0 Å². The quantitative estimate of drug-likeness (QED) is 0.113. The molecule has 0 aliphatic carbocycles. The van der Waals surface area contributed by atoms with Crippen LogP contribution in [0.5, 0.6) is 0 Å². The normalized spacial score (nSPS) is 12.6. The standard InChI is InChI=1S/C114H70N10O2/c1-3-19-83(101-26-12-16-56-118-101)81(17-1)69-31-43-105-87(57-69)85-21-5-7-27-103(85)121(105)77-37-49-111-93(63-77)94-64-78(38-50-112(94)125-111)122-104-28-8-6-22-86(104)88-58-70(32-44-106(88)122)82-18-2-4-20-84(82)102-42-30-76(68-120-102)75-29-41-100(119-67-75)74-36-48-110-92(62-74)91-61-73(99-25-11-15-55-117-99)35-47-109(91)124(110)80-40-52-114-96(66-80)95-65-79(39-51-113(95)126-114)123-107-45-33-71(97-23-9-13-53-115-97)59-89(107)90-60-72(34-46-108(90)123)98-24-10-14-54-116-98/h1-29,31-41,43-68H,30,42H2. The van der Waals surface area contributed by atoms with Crippen molar-refractivity contribution in [2.24, 2.45) is 4.99 Å². The molecular weight excluding hydrogens is 1540 g/mol. The topological polar surface area (TPSA) is 123 Å². The highest BCUT2D eigenvalue weighted by molar-refractivity contribution is 6.18. The van der Waals surface area contributed by atoms with Crippen LogP contribution < -0.4 is 0 Å². The number of aliphatic imine (C=N–C) groups is 1. The van der Waals surface area contributed by atoms with Crippen LogP contribution in [0.15, 0.2) is 415 Å². The molecule has 0 unspecified atom stereocenters. The van der Waals surface area contributed by atoms with Gasteiger partial charge in [0, 0.05) is 164 Å². The van der Waals surface area contributed by atoms with Crippen molar-refractivity contribution in [1.82, 2.24) is 43.2 Å². The SMILES string of the molecule is C1=C(c2ccc(-c3ccc4c(c3)c3cc(-c5ccccn5)ccc3n4-c3ccc4oc5ccc(-n6c7ccc(-c8ccccn8)cc7c7cc(-c8ccccn8)ccc76)cc5c4c3)nc2)CCC(c2ccccc2-c2ccc3c(c2)c2ccccc2n3-c2ccc3oc4ccc(-n5c6ccccc6c6cc(-c7ccccc7-c7ccccn7)ccc65)cc4c3c2)=N1. The van der Waals surface area contributed by atoms with E-state index in [2.05, 4.69) is 340 Å². The highest BCUT2D eigenvalue weighted by atomic mass is 16.3. The zero-order valence-electron chi connectivity index (χ0n) is 67.8. The summed E-state index contributed by atoms with van der Waals surface area (Å²) < 4.78 is 22.9. The number of hydrogen-bond donors (Lipinski definition) is 0. The van der Waals surface area contributed by atoms with Crippen LogP contribution in [0.2, 0.25) is 0 Å². The molecule has 0 atom stereocenters. The zero-order valence-corrected chi connectivity index (χ0v) is 67.8. The molecule has 0 amide bonds. The van der Waals surface area contributed by atoms with E-state index in [1.807, 2.05) is 79.5 Å². The summed E-state index contributed by atoms with van der Waals surface area (Å²) in [5, 5.41) is 13.4. The largest absolute Gasteiger partial charge is 0.456 e. The van der Waals surface area contributed by atoms with E-state index in [1.165, 1.54) is 21.5 Å². The summed E-state index contributed by atoms with van der Waals surface area (Å²) in [6, 6.07) is 130. The maximum absolute atomic E-state index is 6.71. The number of hydrogen-bond acceptors (Lipinski definition) is 8. The second kappa shape index (κ2) is 28.3. The fraction of sp³-hybridized carbons (Fsp3) is 0.0175. The average Bonchev–Trinajstić information content (AvgIpc) is 1.58. The second-order valence-electron chi connectivity index (χ2n) is 32.8. The van der Waals surface area contributed by atoms with Gasteiger partial charge in [-0.25, -0.2) is 0 Å². The predicted octanol–water partition coefficient (Wildman–Crippen LogP) is 29.1. The van der Waals surface area contributed by atoms with E-state index in [4.69, 9.17) is 38.7 Å². The van der Waals surface area contributed by atoms with E-state index in [0.29, 0.717) is 0 Å². The van der Waals surface area contributed by atoms with Gasteiger partial charge in [-0.1, -0.05) is 152 Å². The number of fused-ring (bicyclic) bond motifs is 18. The van der Waals surface area contributed by atoms with Gasteiger partial charge in [-0.15, -0.1) is 0 Å². The Morgan fingerprint density at radius 2 is 0.516 bits per heavy atom. The summed E-state index contributed by atoms with van der Waals surface area (Å²) in [6.07, 6.45) is 13.1. The Balaban J connectivity index is 0.506. The molecule has 26 rings (SSSR count). The Morgan fingerprint density at radius 1 is 0.206 bits per heavy atom. The van der Waals surface area contributed by atoms with Gasteiger partial charge in [-0.3, -0.25) is 29.9 Å². The summed E-state index contributed by atoms with van der Waals surface area (Å²) in [5.74, 6) is 0. The summed E-state index contributed by atoms with van der Waals surface area (Å²) in [5.41, 5.74) is 35.2. The Bertz CT molecular complexity index is 8800. The first-order valence-corrected chi connectivity index (χ1v) is 42.7. The molecule has 0 bridgehead atoms. The van der Waals surface area contributed by atoms with Crippen LogP contribution >= 0.6 is 0 Å². The molecule has 11 aromatic heterocycles. The fourth-order valence-corrected chi connectivity index (χ4v) is 19.9. The number of aromatic nitrogens is 9. The van der Waals surface area contributed by atoms with Crippen molar-refractivity contribution in [3.8, 4) is 101 Å². The van der Waals surface area contributed by atoms with Crippen molar-refractivity contribution >= 4 is 142 Å². The lowest BCUT2D eigenvalue weighted by Gasteiger charge is -2.17. The van der Waals surface area contributed by atoms with Gasteiger partial charge in [-0.05, 0) is 259 Å². The molecule has 0 N–H and O–H groups in total. The molecule has 0 fully saturated rings. The number of pyridine rings is 5. The smallest absolute Gasteiger partial charge is 0.135 e. The van der Waals surface area contributed by atoms with Gasteiger partial charge in [0.05, 0.1) is 72.6 Å². The minimum Gasteiger partial charge on any atom is -0.456 e. The third-order valence-corrected chi connectivity index (χ3v) is 25.8. The number of nitrogens with zero attached hydrogens (tertiary/aromatic N) is 10. The molecule has 126 heavy (non-hydrogen) atoms. The van der Waals surface area contributed by atoms with E-state index in [9.17, 15) is 0 Å². The Morgan fingerprint density at radius 3 is 0.881 bits per heavy atom. The van der Waals surface area contributed by atoms with Crippen LogP contribution in [0.4, 0.5) is 0 Å². The molecule has 1 aliphatic rings. The summed E-state index contributed by atoms with van der Waals surface area (Å²) in [6.45, 7) is 0. The number of rotatable bonds is 13. The zero-order chi connectivity index (χ0) is 82.6. The maximum atomic E-state index is 6.71. The third-order valence-electron chi connectivity index (χ3n) is 25.8. The fourth-order valence-electron chi connectivity index (χ4n) is 19.9. The summed E-state index contributed by atoms with van der Waals surface area (Å²) in [4.78, 5) is 29.5. The minimum absolute atomic E-state index is 0.778. The van der Waals surface area contributed by atoms with Crippen LogP contribution in [0.1, 0.15) is 24.0 Å². The first kappa shape index (κ1) is 70.8. The van der Waals surface area contributed by atoms with Crippen LogP contribution in [-0.2, 0) is 0 Å². The highest BCUT2D eigenvalue weighted by Gasteiger charge is 2.25. The number of allylic oxidation sites excluding steroid dienone is 1. The van der Waals surface area contributed by atoms with Crippen molar-refractivity contribution in [3.63, 3.8) is 0 Å². The van der Waals surface area contributed by atoms with Crippen molar-refractivity contribution in [1.29, 1.82) is 0 Å². The number of benzene rings is 14. The van der Waals surface area contributed by atoms with Crippen molar-refractivity contribution in [3.05, 3.63) is 412 Å². The molecule has 12 heteroatoms. The number of para-hydroxylation sites is 2. The molecule has 0 saturated carbocycles. The van der Waals surface area contributed by atoms with Crippen LogP contribution in [0, 0.1) is 0 Å². The monoisotopic (exact) mass is 1610 g/mol. The molecule has 12 nitrogen and oxygen atoms in total. The van der Waals surface area contributed by atoms with Gasteiger partial charge in [0.15, 0.2) is 0 Å². The molecule has 12 heterocycles. The lowest BCUT2D eigenvalue weighted by atomic mass is 9.91. The van der Waals surface area contributed by atoms with Crippen LogP contribution in [0.25, 0.3) is 238 Å². The van der Waals surface area contributed by atoms with E-state index >= 15 is 0 Å². The summed E-state index contributed by atoms with van der Waals surface area (Å²) >= 11 is 0. The van der Waals surface area contributed by atoms with Crippen molar-refractivity contribution in [2.45, 2.75) is 12.8 Å². The van der Waals surface area contributed by atoms with Gasteiger partial charge in [-0.2, -0.15) is 0 Å². The van der Waals surface area contributed by atoms with E-state index in [1.54, 1.807) is 0 Å². The average molecular weight is 1610 g/mol. The molecule has 14 aromatic carbocycles. The van der Waals surface area contributed by atoms with Gasteiger partial charge < -0.3 is 27.1 Å². The van der Waals surface area contributed by atoms with Gasteiger partial charge in [0.25, 0.3) is 0 Å². The Labute approximate surface area is 721 Å². The lowest BCUT2D eigenvalue weighted by molar-refractivity contribution is 0.668. The van der Waals surface area contributed by atoms with Crippen LogP contribution in [0.3, 0.4) is 0 Å². The second-order valence-corrected chi connectivity index (χ2v) is 32.8. The van der Waals surface area contributed by atoms with Crippen molar-refractivity contribution in [2.75, 3.05) is 0 Å². The molecule has 0 saturated heterocycles. The number of furan rings is 2. The third kappa shape index (κ3) is 11.4. The molecule has 0 radical (unpaired) electrons. The Kier molecular flexibility index (Phi) is 15.9. The molecule has 25 aromatic rings. The van der Waals surface area contributed by atoms with E-state index < -0.39 is 0 Å². The molecule has 0 spiro atoms. The minimum atomic E-state index is 0.778.